The lowest BCUT2D eigenvalue weighted by Crippen LogP contribution is -2.50. The Morgan fingerprint density at radius 3 is 2.59 bits per heavy atom. The molecule has 1 saturated heterocycles. The number of rotatable bonds is 7. The van der Waals surface area contributed by atoms with E-state index in [-0.39, 0.29) is 18.1 Å². The summed E-state index contributed by atoms with van der Waals surface area (Å²) in [5, 5.41) is 3.17. The maximum atomic E-state index is 11.8. The monoisotopic (exact) mass is 401 g/mol. The Morgan fingerprint density at radius 2 is 1.97 bits per heavy atom. The van der Waals surface area contributed by atoms with Crippen LogP contribution >= 0.6 is 0 Å². The average Bonchev–Trinajstić information content (AvgIpc) is 3.43. The van der Waals surface area contributed by atoms with Gasteiger partial charge in [-0.2, -0.15) is 4.98 Å². The van der Waals surface area contributed by atoms with Crippen LogP contribution in [0.1, 0.15) is 45.2 Å². The molecule has 0 radical (unpaired) electrons. The van der Waals surface area contributed by atoms with Crippen LogP contribution in [0.5, 0.6) is 0 Å². The van der Waals surface area contributed by atoms with Crippen molar-refractivity contribution in [3.05, 3.63) is 11.8 Å². The third kappa shape index (κ3) is 4.82. The third-order valence-corrected chi connectivity index (χ3v) is 6.59. The Hall–Kier alpha value is -1.89. The van der Waals surface area contributed by atoms with Crippen LogP contribution in [-0.4, -0.2) is 61.8 Å². The van der Waals surface area contributed by atoms with Crippen molar-refractivity contribution >= 4 is 17.7 Å². The Morgan fingerprint density at radius 1 is 1.24 bits per heavy atom. The van der Waals surface area contributed by atoms with Gasteiger partial charge in [-0.3, -0.25) is 4.79 Å². The summed E-state index contributed by atoms with van der Waals surface area (Å²) in [7, 11) is 3.98. The van der Waals surface area contributed by atoms with Crippen LogP contribution in [0.25, 0.3) is 0 Å². The molecular formula is C22H35N5O2. The van der Waals surface area contributed by atoms with Crippen LogP contribution < -0.4 is 15.1 Å². The van der Waals surface area contributed by atoms with Gasteiger partial charge in [0.2, 0.25) is 11.9 Å². The molecule has 4 rings (SSSR count). The Kier molecular flexibility index (Phi) is 5.95. The second-order valence-electron chi connectivity index (χ2n) is 9.28. The molecule has 29 heavy (non-hydrogen) atoms. The molecule has 2 aliphatic carbocycles. The predicted octanol–water partition coefficient (Wildman–Crippen LogP) is 2.25. The van der Waals surface area contributed by atoms with E-state index < -0.39 is 0 Å². The van der Waals surface area contributed by atoms with Crippen molar-refractivity contribution in [2.24, 2.45) is 17.8 Å². The van der Waals surface area contributed by atoms with Gasteiger partial charge in [-0.25, -0.2) is 4.98 Å². The second kappa shape index (κ2) is 8.46. The molecular weight excluding hydrogens is 366 g/mol. The van der Waals surface area contributed by atoms with Crippen LogP contribution in [0.2, 0.25) is 0 Å². The highest BCUT2D eigenvalue weighted by atomic mass is 16.5. The number of aromatic nitrogens is 2. The summed E-state index contributed by atoms with van der Waals surface area (Å²) in [4.78, 5) is 25.6. The van der Waals surface area contributed by atoms with E-state index in [4.69, 9.17) is 9.72 Å². The number of carbonyl (C=O) groups is 1. The number of hydrogen-bond donors (Lipinski definition) is 1. The molecule has 4 atom stereocenters. The van der Waals surface area contributed by atoms with Crippen molar-refractivity contribution in [2.75, 3.05) is 43.6 Å². The standard InChI is InChI=1S/C22H35N5O2/c1-5-18-10-21(25-22(24-18)26(3)4)27-11-16-8-19(23-14(2)28)20(9-17(16)12-27)29-13-15-6-7-15/h10,15-17,19-20H,5-9,11-13H2,1-4H3,(H,23,28)/t16-,17+,19-,20-/m1/s1. The number of carbonyl (C=O) groups excluding carboxylic acids is 1. The van der Waals surface area contributed by atoms with E-state index in [9.17, 15) is 4.79 Å². The molecule has 0 unspecified atom stereocenters. The Bertz CT molecular complexity index is 736. The lowest BCUT2D eigenvalue weighted by Gasteiger charge is -2.38. The lowest BCUT2D eigenvalue weighted by atomic mass is 9.77. The zero-order valence-electron chi connectivity index (χ0n) is 18.2. The van der Waals surface area contributed by atoms with Gasteiger partial charge >= 0.3 is 0 Å². The van der Waals surface area contributed by atoms with E-state index >= 15 is 0 Å². The van der Waals surface area contributed by atoms with Gasteiger partial charge < -0.3 is 19.9 Å². The van der Waals surface area contributed by atoms with Crippen LogP contribution in [0.4, 0.5) is 11.8 Å². The summed E-state index contributed by atoms with van der Waals surface area (Å²) < 4.78 is 6.29. The zero-order valence-corrected chi connectivity index (χ0v) is 18.2. The fourth-order valence-corrected chi connectivity index (χ4v) is 4.75. The molecule has 1 aromatic heterocycles. The summed E-state index contributed by atoms with van der Waals surface area (Å²) in [5.41, 5.74) is 1.08. The topological polar surface area (TPSA) is 70.6 Å². The van der Waals surface area contributed by atoms with E-state index in [0.29, 0.717) is 11.8 Å². The molecule has 2 saturated carbocycles. The summed E-state index contributed by atoms with van der Waals surface area (Å²) in [5.74, 6) is 3.74. The van der Waals surface area contributed by atoms with Gasteiger partial charge in [-0.1, -0.05) is 6.92 Å². The molecule has 3 fully saturated rings. The molecule has 0 aromatic carbocycles. The minimum absolute atomic E-state index is 0.0438. The molecule has 0 spiro atoms. The average molecular weight is 402 g/mol. The van der Waals surface area contributed by atoms with Gasteiger partial charge in [-0.15, -0.1) is 0 Å². The fraction of sp³-hybridized carbons (Fsp3) is 0.773. The molecule has 3 aliphatic rings. The van der Waals surface area contributed by atoms with Crippen molar-refractivity contribution < 1.29 is 9.53 Å². The summed E-state index contributed by atoms with van der Waals surface area (Å²) in [6, 6.07) is 2.26. The molecule has 2 heterocycles. The fourth-order valence-electron chi connectivity index (χ4n) is 4.75. The molecule has 1 aliphatic heterocycles. The minimum Gasteiger partial charge on any atom is -0.376 e. The summed E-state index contributed by atoms with van der Waals surface area (Å²) in [6.45, 7) is 6.59. The molecule has 1 amide bonds. The van der Waals surface area contributed by atoms with Crippen molar-refractivity contribution in [1.29, 1.82) is 0 Å². The van der Waals surface area contributed by atoms with E-state index in [1.54, 1.807) is 6.92 Å². The minimum atomic E-state index is 0.0438. The Balaban J connectivity index is 1.48. The number of nitrogens with one attached hydrogen (secondary N) is 1. The number of ether oxygens (including phenoxy) is 1. The van der Waals surface area contributed by atoms with E-state index in [2.05, 4.69) is 28.2 Å². The van der Waals surface area contributed by atoms with E-state index in [1.165, 1.54) is 12.8 Å². The van der Waals surface area contributed by atoms with Crippen molar-refractivity contribution in [1.82, 2.24) is 15.3 Å². The first-order valence-corrected chi connectivity index (χ1v) is 11.1. The quantitative estimate of drug-likeness (QED) is 0.756. The number of fused-ring (bicyclic) bond motifs is 1. The SMILES string of the molecule is CCc1cc(N2C[C@H]3C[C@@H](NC(C)=O)[C@H](OCC4CC4)C[C@H]3C2)nc(N(C)C)n1. The van der Waals surface area contributed by atoms with E-state index in [0.717, 1.165) is 62.3 Å². The number of anilines is 2. The van der Waals surface area contributed by atoms with Crippen molar-refractivity contribution in [2.45, 2.75) is 58.1 Å². The third-order valence-electron chi connectivity index (χ3n) is 6.59. The van der Waals surface area contributed by atoms with Gasteiger partial charge in [0, 0.05) is 52.5 Å². The molecule has 1 N–H and O–H groups in total. The molecule has 0 bridgehead atoms. The zero-order chi connectivity index (χ0) is 20.5. The maximum absolute atomic E-state index is 11.8. The highest BCUT2D eigenvalue weighted by molar-refractivity contribution is 5.73. The smallest absolute Gasteiger partial charge is 0.227 e. The molecule has 7 heteroatoms. The second-order valence-corrected chi connectivity index (χ2v) is 9.28. The molecule has 7 nitrogen and oxygen atoms in total. The van der Waals surface area contributed by atoms with Crippen molar-refractivity contribution in [3.8, 4) is 0 Å². The number of amides is 1. The predicted molar refractivity (Wildman–Crippen MR) is 114 cm³/mol. The van der Waals surface area contributed by atoms with Gasteiger partial charge in [0.1, 0.15) is 5.82 Å². The highest BCUT2D eigenvalue weighted by Crippen LogP contribution is 2.40. The maximum Gasteiger partial charge on any atom is 0.227 e. The van der Waals surface area contributed by atoms with Crippen molar-refractivity contribution in [3.63, 3.8) is 0 Å². The summed E-state index contributed by atoms with van der Waals surface area (Å²) in [6.07, 6.45) is 5.62. The first-order valence-electron chi connectivity index (χ1n) is 11.1. The van der Waals surface area contributed by atoms with E-state index in [1.807, 2.05) is 19.0 Å². The number of nitrogens with zero attached hydrogens (tertiary/aromatic N) is 4. The van der Waals surface area contributed by atoms with Crippen LogP contribution in [0.15, 0.2) is 6.07 Å². The van der Waals surface area contributed by atoms with Gasteiger partial charge in [0.25, 0.3) is 0 Å². The van der Waals surface area contributed by atoms with Gasteiger partial charge in [0.15, 0.2) is 0 Å². The van der Waals surface area contributed by atoms with Crippen LogP contribution in [0.3, 0.4) is 0 Å². The molecule has 160 valence electrons. The number of aryl methyl sites for hydroxylation is 1. The first-order chi connectivity index (χ1) is 13.9. The lowest BCUT2D eigenvalue weighted by molar-refractivity contribution is -0.122. The summed E-state index contributed by atoms with van der Waals surface area (Å²) >= 11 is 0. The Labute approximate surface area is 174 Å². The normalized spacial score (nSPS) is 28.9. The largest absolute Gasteiger partial charge is 0.376 e. The van der Waals surface area contributed by atoms with Gasteiger partial charge in [0.05, 0.1) is 12.1 Å². The van der Waals surface area contributed by atoms with Crippen LogP contribution in [-0.2, 0) is 16.0 Å². The van der Waals surface area contributed by atoms with Gasteiger partial charge in [-0.05, 0) is 49.9 Å². The van der Waals surface area contributed by atoms with Crippen LogP contribution in [0, 0.1) is 17.8 Å². The molecule has 1 aromatic rings. The first kappa shape index (κ1) is 20.4. The number of hydrogen-bond acceptors (Lipinski definition) is 6. The highest BCUT2D eigenvalue weighted by Gasteiger charge is 2.44.